The lowest BCUT2D eigenvalue weighted by Crippen LogP contribution is -2.34. The van der Waals surface area contributed by atoms with E-state index in [1.165, 1.54) is 43.3 Å². The van der Waals surface area contributed by atoms with Crippen molar-refractivity contribution < 1.29 is 0 Å². The summed E-state index contributed by atoms with van der Waals surface area (Å²) in [6, 6.07) is 13.4. The zero-order valence-electron chi connectivity index (χ0n) is 10.7. The highest BCUT2D eigenvalue weighted by Crippen LogP contribution is 2.15. The average Bonchev–Trinajstić information content (AvgIpc) is 2.46. The third-order valence-corrected chi connectivity index (χ3v) is 3.82. The molecule has 0 aliphatic carbocycles. The highest BCUT2D eigenvalue weighted by Gasteiger charge is 2.12. The minimum Gasteiger partial charge on any atom is -0.314 e. The SMILES string of the molecule is c1ccc2nc(CC[C@H]3CCCCN3)ccc2c1. The number of aryl methyl sites for hydroxylation is 1. The van der Waals surface area contributed by atoms with Crippen molar-refractivity contribution in [2.24, 2.45) is 0 Å². The Labute approximate surface area is 108 Å². The number of nitrogens with one attached hydrogen (secondary N) is 1. The van der Waals surface area contributed by atoms with Gasteiger partial charge in [0.1, 0.15) is 0 Å². The standard InChI is InChI=1S/C16H20N2/c1-2-7-16-13(5-1)8-9-15(18-16)11-10-14-6-3-4-12-17-14/h1-2,5,7-9,14,17H,3-4,6,10-12H2/t14-/m1/s1. The van der Waals surface area contributed by atoms with Crippen LogP contribution in [-0.4, -0.2) is 17.6 Å². The Kier molecular flexibility index (Phi) is 3.56. The molecule has 0 radical (unpaired) electrons. The molecule has 0 saturated carbocycles. The number of hydrogen-bond donors (Lipinski definition) is 1. The Morgan fingerprint density at radius 3 is 2.94 bits per heavy atom. The van der Waals surface area contributed by atoms with Crippen LogP contribution in [0.4, 0.5) is 0 Å². The average molecular weight is 240 g/mol. The molecule has 0 bridgehead atoms. The maximum absolute atomic E-state index is 4.73. The van der Waals surface area contributed by atoms with Crippen LogP contribution in [0.3, 0.4) is 0 Å². The molecule has 3 rings (SSSR count). The Balaban J connectivity index is 1.66. The zero-order chi connectivity index (χ0) is 12.2. The van der Waals surface area contributed by atoms with Gasteiger partial charge in [-0.3, -0.25) is 4.98 Å². The van der Waals surface area contributed by atoms with Crippen molar-refractivity contribution in [1.29, 1.82) is 0 Å². The second-order valence-electron chi connectivity index (χ2n) is 5.18. The monoisotopic (exact) mass is 240 g/mol. The number of rotatable bonds is 3. The first-order valence-electron chi connectivity index (χ1n) is 7.00. The van der Waals surface area contributed by atoms with Gasteiger partial charge in [0.2, 0.25) is 0 Å². The third-order valence-electron chi connectivity index (χ3n) is 3.82. The normalized spacial score (nSPS) is 20.1. The summed E-state index contributed by atoms with van der Waals surface area (Å²) in [5, 5.41) is 4.83. The van der Waals surface area contributed by atoms with Crippen LogP contribution in [0.25, 0.3) is 10.9 Å². The second kappa shape index (κ2) is 5.49. The number of nitrogens with zero attached hydrogens (tertiary/aromatic N) is 1. The van der Waals surface area contributed by atoms with Gasteiger partial charge in [-0.25, -0.2) is 0 Å². The summed E-state index contributed by atoms with van der Waals surface area (Å²) in [5.41, 5.74) is 2.34. The van der Waals surface area contributed by atoms with E-state index in [9.17, 15) is 0 Å². The van der Waals surface area contributed by atoms with E-state index in [2.05, 4.69) is 41.7 Å². The molecule has 1 N–H and O–H groups in total. The van der Waals surface area contributed by atoms with Gasteiger partial charge in [-0.05, 0) is 44.4 Å². The van der Waals surface area contributed by atoms with Gasteiger partial charge in [0, 0.05) is 17.1 Å². The molecule has 2 aromatic rings. The molecule has 1 atom stereocenters. The van der Waals surface area contributed by atoms with E-state index < -0.39 is 0 Å². The van der Waals surface area contributed by atoms with Gasteiger partial charge in [0.15, 0.2) is 0 Å². The molecule has 1 aromatic carbocycles. The molecule has 2 heteroatoms. The number of aromatic nitrogens is 1. The fourth-order valence-electron chi connectivity index (χ4n) is 2.74. The zero-order valence-corrected chi connectivity index (χ0v) is 10.7. The van der Waals surface area contributed by atoms with Gasteiger partial charge >= 0.3 is 0 Å². The second-order valence-corrected chi connectivity index (χ2v) is 5.18. The van der Waals surface area contributed by atoms with Crippen LogP contribution in [0.15, 0.2) is 36.4 Å². The van der Waals surface area contributed by atoms with E-state index in [1.807, 2.05) is 0 Å². The van der Waals surface area contributed by atoms with Crippen molar-refractivity contribution in [2.75, 3.05) is 6.54 Å². The quantitative estimate of drug-likeness (QED) is 0.890. The summed E-state index contributed by atoms with van der Waals surface area (Å²) in [6.07, 6.45) is 6.34. The number of para-hydroxylation sites is 1. The van der Waals surface area contributed by atoms with Crippen LogP contribution in [0.5, 0.6) is 0 Å². The maximum Gasteiger partial charge on any atom is 0.0705 e. The molecule has 0 spiro atoms. The largest absolute Gasteiger partial charge is 0.314 e. The first-order valence-corrected chi connectivity index (χ1v) is 7.00. The van der Waals surface area contributed by atoms with Crippen molar-refractivity contribution in [3.05, 3.63) is 42.1 Å². The van der Waals surface area contributed by atoms with Gasteiger partial charge in [0.25, 0.3) is 0 Å². The van der Waals surface area contributed by atoms with E-state index in [4.69, 9.17) is 4.98 Å². The van der Waals surface area contributed by atoms with Gasteiger partial charge in [-0.15, -0.1) is 0 Å². The van der Waals surface area contributed by atoms with Crippen LogP contribution < -0.4 is 5.32 Å². The molecule has 1 aliphatic heterocycles. The molecule has 2 heterocycles. The number of benzene rings is 1. The minimum atomic E-state index is 0.701. The lowest BCUT2D eigenvalue weighted by Gasteiger charge is -2.23. The molecule has 1 fully saturated rings. The summed E-state index contributed by atoms with van der Waals surface area (Å²) in [7, 11) is 0. The number of piperidine rings is 1. The van der Waals surface area contributed by atoms with Gasteiger partial charge in [-0.1, -0.05) is 30.7 Å². The van der Waals surface area contributed by atoms with Crippen LogP contribution >= 0.6 is 0 Å². The van der Waals surface area contributed by atoms with Crippen LogP contribution in [-0.2, 0) is 6.42 Å². The van der Waals surface area contributed by atoms with Gasteiger partial charge in [-0.2, -0.15) is 0 Å². The van der Waals surface area contributed by atoms with Crippen molar-refractivity contribution in [3.8, 4) is 0 Å². The Hall–Kier alpha value is -1.41. The Bertz CT molecular complexity index is 515. The Morgan fingerprint density at radius 1 is 1.11 bits per heavy atom. The van der Waals surface area contributed by atoms with Gasteiger partial charge in [0.05, 0.1) is 5.52 Å². The molecule has 1 aliphatic rings. The summed E-state index contributed by atoms with van der Waals surface area (Å²) < 4.78 is 0. The first-order chi connectivity index (χ1) is 8.92. The highest BCUT2D eigenvalue weighted by molar-refractivity contribution is 5.78. The predicted molar refractivity (Wildman–Crippen MR) is 75.7 cm³/mol. The van der Waals surface area contributed by atoms with Crippen LogP contribution in [0, 0.1) is 0 Å². The van der Waals surface area contributed by atoms with E-state index in [0.29, 0.717) is 6.04 Å². The maximum atomic E-state index is 4.73. The Morgan fingerprint density at radius 2 is 2.06 bits per heavy atom. The topological polar surface area (TPSA) is 24.9 Å². The van der Waals surface area contributed by atoms with Crippen LogP contribution in [0.2, 0.25) is 0 Å². The van der Waals surface area contributed by atoms with E-state index in [0.717, 1.165) is 11.9 Å². The fourth-order valence-corrected chi connectivity index (χ4v) is 2.74. The fraction of sp³-hybridized carbons (Fsp3) is 0.438. The third kappa shape index (κ3) is 2.70. The van der Waals surface area contributed by atoms with E-state index in [-0.39, 0.29) is 0 Å². The first kappa shape index (κ1) is 11.7. The summed E-state index contributed by atoms with van der Waals surface area (Å²) in [4.78, 5) is 4.73. The van der Waals surface area contributed by atoms with Crippen molar-refractivity contribution in [2.45, 2.75) is 38.1 Å². The van der Waals surface area contributed by atoms with E-state index in [1.54, 1.807) is 0 Å². The molecular formula is C16H20N2. The number of pyridine rings is 1. The predicted octanol–water partition coefficient (Wildman–Crippen LogP) is 3.31. The molecule has 18 heavy (non-hydrogen) atoms. The van der Waals surface area contributed by atoms with Crippen LogP contribution in [0.1, 0.15) is 31.4 Å². The summed E-state index contributed by atoms with van der Waals surface area (Å²) in [6.45, 7) is 1.19. The molecule has 0 amide bonds. The van der Waals surface area contributed by atoms with Crippen molar-refractivity contribution in [3.63, 3.8) is 0 Å². The van der Waals surface area contributed by atoms with Crippen molar-refractivity contribution >= 4 is 10.9 Å². The van der Waals surface area contributed by atoms with Crippen molar-refractivity contribution in [1.82, 2.24) is 10.3 Å². The highest BCUT2D eigenvalue weighted by atomic mass is 14.9. The summed E-state index contributed by atoms with van der Waals surface area (Å²) >= 11 is 0. The molecule has 0 unspecified atom stereocenters. The lowest BCUT2D eigenvalue weighted by molar-refractivity contribution is 0.382. The minimum absolute atomic E-state index is 0.701. The van der Waals surface area contributed by atoms with Gasteiger partial charge < -0.3 is 5.32 Å². The molecule has 94 valence electrons. The summed E-state index contributed by atoms with van der Waals surface area (Å²) in [5.74, 6) is 0. The smallest absolute Gasteiger partial charge is 0.0705 e. The van der Waals surface area contributed by atoms with E-state index >= 15 is 0 Å². The number of hydrogen-bond acceptors (Lipinski definition) is 2. The molecule has 1 aromatic heterocycles. The lowest BCUT2D eigenvalue weighted by atomic mass is 9.99. The molecular weight excluding hydrogens is 220 g/mol. The molecule has 2 nitrogen and oxygen atoms in total. The molecule has 1 saturated heterocycles. The number of fused-ring (bicyclic) bond motifs is 1.